The Morgan fingerprint density at radius 1 is 1.10 bits per heavy atom. The van der Waals surface area contributed by atoms with Crippen molar-refractivity contribution in [1.82, 2.24) is 4.98 Å². The minimum atomic E-state index is 0.152. The summed E-state index contributed by atoms with van der Waals surface area (Å²) in [5.41, 5.74) is 10.1. The summed E-state index contributed by atoms with van der Waals surface area (Å²) < 4.78 is 0. The van der Waals surface area contributed by atoms with Gasteiger partial charge in [-0.1, -0.05) is 43.9 Å². The summed E-state index contributed by atoms with van der Waals surface area (Å²) in [5, 5.41) is 1.23. The molecule has 1 fully saturated rings. The Labute approximate surface area is 121 Å². The van der Waals surface area contributed by atoms with Crippen LogP contribution in [0.5, 0.6) is 0 Å². The zero-order chi connectivity index (χ0) is 13.9. The summed E-state index contributed by atoms with van der Waals surface area (Å²) in [6, 6.07) is 10.7. The molecule has 2 aromatic rings. The maximum atomic E-state index is 6.65. The second-order valence-corrected chi connectivity index (χ2v) is 6.15. The lowest BCUT2D eigenvalue weighted by Crippen LogP contribution is -2.21. The third-order valence-electron chi connectivity index (χ3n) is 4.64. The molecule has 106 valence electrons. The number of benzene rings is 1. The average Bonchev–Trinajstić information content (AvgIpc) is 2.74. The Kier molecular flexibility index (Phi) is 4.02. The number of hydrogen-bond acceptors (Lipinski definition) is 2. The number of nitrogens with zero attached hydrogens (tertiary/aromatic N) is 1. The van der Waals surface area contributed by atoms with Gasteiger partial charge < -0.3 is 5.73 Å². The van der Waals surface area contributed by atoms with E-state index < -0.39 is 0 Å². The highest BCUT2D eigenvalue weighted by Gasteiger charge is 2.22. The number of fused-ring (bicyclic) bond motifs is 1. The average molecular weight is 268 g/mol. The predicted octanol–water partition coefficient (Wildman–Crippen LogP) is 4.51. The molecule has 0 bridgehead atoms. The molecule has 0 aliphatic heterocycles. The van der Waals surface area contributed by atoms with Crippen LogP contribution in [-0.4, -0.2) is 4.98 Å². The molecule has 1 saturated carbocycles. The Balaban J connectivity index is 1.99. The molecule has 2 N–H and O–H groups in total. The molecule has 1 atom stereocenters. The highest BCUT2D eigenvalue weighted by molar-refractivity contribution is 5.82. The van der Waals surface area contributed by atoms with Gasteiger partial charge in [-0.15, -0.1) is 0 Å². The van der Waals surface area contributed by atoms with E-state index >= 15 is 0 Å². The van der Waals surface area contributed by atoms with E-state index in [1.165, 1.54) is 49.5 Å². The highest BCUT2D eigenvalue weighted by Crippen LogP contribution is 2.34. The molecular formula is C18H24N2. The Morgan fingerprint density at radius 3 is 2.55 bits per heavy atom. The van der Waals surface area contributed by atoms with E-state index in [0.29, 0.717) is 5.92 Å². The monoisotopic (exact) mass is 268 g/mol. The summed E-state index contributed by atoms with van der Waals surface area (Å²) in [4.78, 5) is 4.63. The van der Waals surface area contributed by atoms with Gasteiger partial charge in [0.05, 0.1) is 5.52 Å². The van der Waals surface area contributed by atoms with Gasteiger partial charge in [0.25, 0.3) is 0 Å². The fraction of sp³-hybridized carbons (Fsp3) is 0.500. The Hall–Kier alpha value is -1.41. The molecule has 1 heterocycles. The van der Waals surface area contributed by atoms with Crippen LogP contribution in [-0.2, 0) is 0 Å². The summed E-state index contributed by atoms with van der Waals surface area (Å²) in [6.45, 7) is 2.07. The van der Waals surface area contributed by atoms with Gasteiger partial charge in [0.2, 0.25) is 0 Å². The standard InChI is InChI=1S/C18H24N2/c1-13-12-16(15-10-6-7-11-17(15)20-13)18(19)14-8-4-2-3-5-9-14/h6-7,10-12,14,18H,2-5,8-9,19H2,1H3. The number of aryl methyl sites for hydroxylation is 1. The van der Waals surface area contributed by atoms with E-state index in [4.69, 9.17) is 5.73 Å². The second kappa shape index (κ2) is 5.92. The number of rotatable bonds is 2. The van der Waals surface area contributed by atoms with E-state index in [-0.39, 0.29) is 6.04 Å². The molecule has 2 heteroatoms. The summed E-state index contributed by atoms with van der Waals surface area (Å²) in [5.74, 6) is 0.628. The van der Waals surface area contributed by atoms with Crippen molar-refractivity contribution in [2.75, 3.05) is 0 Å². The Morgan fingerprint density at radius 2 is 1.80 bits per heavy atom. The van der Waals surface area contributed by atoms with Crippen molar-refractivity contribution in [2.45, 2.75) is 51.5 Å². The van der Waals surface area contributed by atoms with Gasteiger partial charge in [0.15, 0.2) is 0 Å². The fourth-order valence-corrected chi connectivity index (χ4v) is 3.54. The van der Waals surface area contributed by atoms with Crippen molar-refractivity contribution >= 4 is 10.9 Å². The molecular weight excluding hydrogens is 244 g/mol. The molecule has 1 aliphatic carbocycles. The molecule has 3 rings (SSSR count). The maximum Gasteiger partial charge on any atom is 0.0708 e. The molecule has 1 aliphatic rings. The quantitative estimate of drug-likeness (QED) is 0.814. The van der Waals surface area contributed by atoms with Gasteiger partial charge in [-0.2, -0.15) is 0 Å². The number of aromatic nitrogens is 1. The summed E-state index contributed by atoms with van der Waals surface area (Å²) in [6.07, 6.45) is 7.97. The van der Waals surface area contributed by atoms with Crippen molar-refractivity contribution in [3.05, 3.63) is 41.6 Å². The molecule has 1 unspecified atom stereocenters. The third kappa shape index (κ3) is 2.71. The molecule has 2 nitrogen and oxygen atoms in total. The molecule has 1 aromatic heterocycles. The molecule has 0 radical (unpaired) electrons. The van der Waals surface area contributed by atoms with Crippen LogP contribution in [0, 0.1) is 12.8 Å². The largest absolute Gasteiger partial charge is 0.324 e. The molecule has 20 heavy (non-hydrogen) atoms. The number of hydrogen-bond donors (Lipinski definition) is 1. The lowest BCUT2D eigenvalue weighted by molar-refractivity contribution is 0.384. The van der Waals surface area contributed by atoms with Crippen LogP contribution in [0.25, 0.3) is 10.9 Å². The topological polar surface area (TPSA) is 38.9 Å². The van der Waals surface area contributed by atoms with Gasteiger partial charge in [0, 0.05) is 17.1 Å². The summed E-state index contributed by atoms with van der Waals surface area (Å²) in [7, 11) is 0. The van der Waals surface area contributed by atoms with E-state index in [1.54, 1.807) is 0 Å². The molecule has 1 aromatic carbocycles. The van der Waals surface area contributed by atoms with E-state index in [0.717, 1.165) is 11.2 Å². The lowest BCUT2D eigenvalue weighted by Gasteiger charge is -2.24. The zero-order valence-corrected chi connectivity index (χ0v) is 12.3. The van der Waals surface area contributed by atoms with Crippen molar-refractivity contribution in [2.24, 2.45) is 11.7 Å². The molecule has 0 amide bonds. The first kappa shape index (κ1) is 13.6. The highest BCUT2D eigenvalue weighted by atomic mass is 14.7. The van der Waals surface area contributed by atoms with Gasteiger partial charge in [-0.3, -0.25) is 4.98 Å². The smallest absolute Gasteiger partial charge is 0.0708 e. The maximum absolute atomic E-state index is 6.65. The van der Waals surface area contributed by atoms with Crippen LogP contribution in [0.15, 0.2) is 30.3 Å². The van der Waals surface area contributed by atoms with Crippen LogP contribution in [0.4, 0.5) is 0 Å². The normalized spacial score (nSPS) is 18.9. The minimum absolute atomic E-state index is 0.152. The van der Waals surface area contributed by atoms with Crippen LogP contribution in [0.3, 0.4) is 0 Å². The fourth-order valence-electron chi connectivity index (χ4n) is 3.54. The SMILES string of the molecule is Cc1cc(C(N)C2CCCCCC2)c2ccccc2n1. The van der Waals surface area contributed by atoms with Crippen LogP contribution >= 0.6 is 0 Å². The molecule has 0 saturated heterocycles. The van der Waals surface area contributed by atoms with Gasteiger partial charge in [0.1, 0.15) is 0 Å². The number of para-hydroxylation sites is 1. The lowest BCUT2D eigenvalue weighted by atomic mass is 9.86. The van der Waals surface area contributed by atoms with Crippen molar-refractivity contribution in [3.8, 4) is 0 Å². The second-order valence-electron chi connectivity index (χ2n) is 6.15. The third-order valence-corrected chi connectivity index (χ3v) is 4.64. The van der Waals surface area contributed by atoms with E-state index in [1.807, 2.05) is 0 Å². The van der Waals surface area contributed by atoms with Crippen LogP contribution < -0.4 is 5.73 Å². The molecule has 0 spiro atoms. The van der Waals surface area contributed by atoms with Crippen molar-refractivity contribution in [3.63, 3.8) is 0 Å². The first-order valence-electron chi connectivity index (χ1n) is 7.87. The van der Waals surface area contributed by atoms with Gasteiger partial charge in [-0.25, -0.2) is 0 Å². The predicted molar refractivity (Wildman–Crippen MR) is 84.6 cm³/mol. The Bertz CT molecular complexity index is 583. The van der Waals surface area contributed by atoms with Crippen molar-refractivity contribution in [1.29, 1.82) is 0 Å². The van der Waals surface area contributed by atoms with Crippen LogP contribution in [0.2, 0.25) is 0 Å². The van der Waals surface area contributed by atoms with Gasteiger partial charge >= 0.3 is 0 Å². The van der Waals surface area contributed by atoms with Gasteiger partial charge in [-0.05, 0) is 43.4 Å². The minimum Gasteiger partial charge on any atom is -0.324 e. The first-order chi connectivity index (χ1) is 9.75. The van der Waals surface area contributed by atoms with Crippen LogP contribution in [0.1, 0.15) is 55.8 Å². The summed E-state index contributed by atoms with van der Waals surface area (Å²) >= 11 is 0. The number of pyridine rings is 1. The van der Waals surface area contributed by atoms with E-state index in [9.17, 15) is 0 Å². The number of nitrogens with two attached hydrogens (primary N) is 1. The van der Waals surface area contributed by atoms with Crippen molar-refractivity contribution < 1.29 is 0 Å². The first-order valence-corrected chi connectivity index (χ1v) is 7.87. The zero-order valence-electron chi connectivity index (χ0n) is 12.3. The van der Waals surface area contributed by atoms with E-state index in [2.05, 4.69) is 42.2 Å².